The van der Waals surface area contributed by atoms with Gasteiger partial charge in [-0.25, -0.2) is 0 Å². The number of hydrogen-bond acceptors (Lipinski definition) is 2. The van der Waals surface area contributed by atoms with E-state index in [-0.39, 0.29) is 24.8 Å². The summed E-state index contributed by atoms with van der Waals surface area (Å²) in [5, 5.41) is 2.55. The van der Waals surface area contributed by atoms with Gasteiger partial charge in [-0.3, -0.25) is 4.98 Å². The van der Waals surface area contributed by atoms with E-state index >= 15 is 0 Å². The molecule has 2 rings (SSSR count). The molecule has 5 heteroatoms. The van der Waals surface area contributed by atoms with Crippen molar-refractivity contribution in [2.75, 3.05) is 5.73 Å². The Morgan fingerprint density at radius 1 is 1.07 bits per heavy atom. The molecule has 0 atom stereocenters. The van der Waals surface area contributed by atoms with E-state index in [9.17, 15) is 0 Å². The Morgan fingerprint density at radius 2 is 1.79 bits per heavy atom. The van der Waals surface area contributed by atoms with Crippen LogP contribution in [-0.2, 0) is 0 Å². The van der Waals surface area contributed by atoms with E-state index in [1.165, 1.54) is 0 Å². The SMILES string of the molecule is Cl.Cl.Nc1ccc(Cl)c2cnccc12. The Hall–Kier alpha value is -0.700. The molecule has 2 nitrogen and oxygen atoms in total. The number of pyridine rings is 1. The highest BCUT2D eigenvalue weighted by Crippen LogP contribution is 2.26. The predicted octanol–water partition coefficient (Wildman–Crippen LogP) is 3.31. The van der Waals surface area contributed by atoms with Gasteiger partial charge >= 0.3 is 0 Å². The first-order chi connectivity index (χ1) is 5.79. The zero-order chi connectivity index (χ0) is 8.55. The van der Waals surface area contributed by atoms with E-state index in [1.807, 2.05) is 6.07 Å². The molecule has 2 aromatic rings. The van der Waals surface area contributed by atoms with Gasteiger partial charge in [0.25, 0.3) is 0 Å². The number of fused-ring (bicyclic) bond motifs is 1. The molecule has 0 unspecified atom stereocenters. The van der Waals surface area contributed by atoms with Gasteiger partial charge < -0.3 is 5.73 Å². The Morgan fingerprint density at radius 3 is 2.43 bits per heavy atom. The zero-order valence-electron chi connectivity index (χ0n) is 7.11. The van der Waals surface area contributed by atoms with Gasteiger partial charge in [-0.05, 0) is 18.2 Å². The summed E-state index contributed by atoms with van der Waals surface area (Å²) in [6.45, 7) is 0. The van der Waals surface area contributed by atoms with E-state index in [1.54, 1.807) is 24.5 Å². The lowest BCUT2D eigenvalue weighted by Crippen LogP contribution is -1.87. The number of aromatic nitrogens is 1. The molecule has 1 aromatic carbocycles. The molecule has 0 aliphatic carbocycles. The first-order valence-corrected chi connectivity index (χ1v) is 3.94. The first-order valence-electron chi connectivity index (χ1n) is 3.57. The third-order valence-corrected chi connectivity index (χ3v) is 2.13. The van der Waals surface area contributed by atoms with Gasteiger partial charge in [-0.1, -0.05) is 11.6 Å². The number of nitrogens with zero attached hydrogens (tertiary/aromatic N) is 1. The maximum atomic E-state index is 5.93. The van der Waals surface area contributed by atoms with Crippen LogP contribution in [0, 0.1) is 0 Å². The molecular formula is C9H9Cl3N2. The standard InChI is InChI=1S/C9H7ClN2.2ClH/c10-8-1-2-9(11)6-3-4-12-5-7(6)8;;/h1-5H,11H2;2*1H. The monoisotopic (exact) mass is 250 g/mol. The summed E-state index contributed by atoms with van der Waals surface area (Å²) >= 11 is 5.93. The lowest BCUT2D eigenvalue weighted by molar-refractivity contribution is 1.36. The van der Waals surface area contributed by atoms with E-state index < -0.39 is 0 Å². The van der Waals surface area contributed by atoms with Crippen molar-refractivity contribution in [3.63, 3.8) is 0 Å². The van der Waals surface area contributed by atoms with Crippen LogP contribution < -0.4 is 5.73 Å². The molecule has 0 aliphatic heterocycles. The van der Waals surface area contributed by atoms with Crippen LogP contribution in [0.3, 0.4) is 0 Å². The number of hydrogen-bond donors (Lipinski definition) is 1. The number of halogens is 3. The zero-order valence-corrected chi connectivity index (χ0v) is 9.49. The topological polar surface area (TPSA) is 38.9 Å². The summed E-state index contributed by atoms with van der Waals surface area (Å²) in [5.41, 5.74) is 6.47. The molecule has 0 spiro atoms. The average molecular weight is 252 g/mol. The molecule has 0 aliphatic rings. The quantitative estimate of drug-likeness (QED) is 0.730. The van der Waals surface area contributed by atoms with Gasteiger partial charge in [-0.2, -0.15) is 0 Å². The second kappa shape index (κ2) is 5.25. The lowest BCUT2D eigenvalue weighted by Gasteiger charge is -2.01. The normalized spacial score (nSPS) is 8.93. The van der Waals surface area contributed by atoms with E-state index in [4.69, 9.17) is 17.3 Å². The highest BCUT2D eigenvalue weighted by atomic mass is 35.5. The second-order valence-corrected chi connectivity index (χ2v) is 2.97. The average Bonchev–Trinajstić information content (AvgIpc) is 2.12. The van der Waals surface area contributed by atoms with Gasteiger partial charge in [0, 0.05) is 28.9 Å². The maximum Gasteiger partial charge on any atom is 0.0501 e. The summed E-state index contributed by atoms with van der Waals surface area (Å²) in [5.74, 6) is 0. The van der Waals surface area contributed by atoms with Crippen molar-refractivity contribution in [2.45, 2.75) is 0 Å². The maximum absolute atomic E-state index is 5.93. The molecule has 0 fully saturated rings. The summed E-state index contributed by atoms with van der Waals surface area (Å²) < 4.78 is 0. The number of nitrogen functional groups attached to an aromatic ring is 1. The molecule has 0 bridgehead atoms. The molecule has 0 amide bonds. The second-order valence-electron chi connectivity index (χ2n) is 2.56. The summed E-state index contributed by atoms with van der Waals surface area (Å²) in [4.78, 5) is 3.97. The molecule has 76 valence electrons. The van der Waals surface area contributed by atoms with E-state index in [0.717, 1.165) is 16.5 Å². The van der Waals surface area contributed by atoms with Crippen LogP contribution in [0.1, 0.15) is 0 Å². The smallest absolute Gasteiger partial charge is 0.0501 e. The summed E-state index contributed by atoms with van der Waals surface area (Å²) in [7, 11) is 0. The van der Waals surface area contributed by atoms with Crippen LogP contribution >= 0.6 is 36.4 Å². The Bertz CT molecular complexity index is 391. The number of benzene rings is 1. The van der Waals surface area contributed by atoms with Crippen LogP contribution in [-0.4, -0.2) is 4.98 Å². The fourth-order valence-corrected chi connectivity index (χ4v) is 1.39. The van der Waals surface area contributed by atoms with Crippen molar-refractivity contribution < 1.29 is 0 Å². The van der Waals surface area contributed by atoms with E-state index in [2.05, 4.69) is 4.98 Å². The van der Waals surface area contributed by atoms with Crippen molar-refractivity contribution in [1.82, 2.24) is 4.98 Å². The molecule has 14 heavy (non-hydrogen) atoms. The van der Waals surface area contributed by atoms with Crippen molar-refractivity contribution in [3.05, 3.63) is 35.6 Å². The molecule has 1 aromatic heterocycles. The van der Waals surface area contributed by atoms with Crippen LogP contribution in [0.5, 0.6) is 0 Å². The third-order valence-electron chi connectivity index (χ3n) is 1.80. The Balaban J connectivity index is 0.000000845. The highest BCUT2D eigenvalue weighted by molar-refractivity contribution is 6.35. The van der Waals surface area contributed by atoms with Gasteiger partial charge in [0.2, 0.25) is 0 Å². The molecule has 2 N–H and O–H groups in total. The van der Waals surface area contributed by atoms with Crippen LogP contribution in [0.2, 0.25) is 5.02 Å². The molecule has 0 saturated heterocycles. The molecular weight excluding hydrogens is 242 g/mol. The highest BCUT2D eigenvalue weighted by Gasteiger charge is 2.00. The first kappa shape index (κ1) is 13.3. The number of rotatable bonds is 0. The lowest BCUT2D eigenvalue weighted by atomic mass is 10.1. The van der Waals surface area contributed by atoms with Crippen molar-refractivity contribution in [3.8, 4) is 0 Å². The Kier molecular flexibility index (Phi) is 4.99. The Labute approximate surface area is 99.3 Å². The van der Waals surface area contributed by atoms with Crippen LogP contribution in [0.15, 0.2) is 30.6 Å². The van der Waals surface area contributed by atoms with Crippen molar-refractivity contribution in [1.29, 1.82) is 0 Å². The summed E-state index contributed by atoms with van der Waals surface area (Å²) in [6, 6.07) is 5.43. The molecule has 0 saturated carbocycles. The van der Waals surface area contributed by atoms with Gasteiger partial charge in [0.1, 0.15) is 0 Å². The van der Waals surface area contributed by atoms with Crippen molar-refractivity contribution >= 4 is 52.9 Å². The predicted molar refractivity (Wildman–Crippen MR) is 65.7 cm³/mol. The van der Waals surface area contributed by atoms with Crippen LogP contribution in [0.4, 0.5) is 5.69 Å². The molecule has 0 radical (unpaired) electrons. The van der Waals surface area contributed by atoms with Crippen LogP contribution in [0.25, 0.3) is 10.8 Å². The summed E-state index contributed by atoms with van der Waals surface area (Å²) in [6.07, 6.45) is 3.42. The number of nitrogens with two attached hydrogens (primary N) is 1. The minimum Gasteiger partial charge on any atom is -0.398 e. The van der Waals surface area contributed by atoms with E-state index in [0.29, 0.717) is 5.02 Å². The van der Waals surface area contributed by atoms with Gasteiger partial charge in [-0.15, -0.1) is 24.8 Å². The third kappa shape index (κ3) is 2.21. The number of anilines is 1. The fourth-order valence-electron chi connectivity index (χ4n) is 1.18. The minimum atomic E-state index is 0. The fraction of sp³-hybridized carbons (Fsp3) is 0. The van der Waals surface area contributed by atoms with Crippen molar-refractivity contribution in [2.24, 2.45) is 0 Å². The van der Waals surface area contributed by atoms with Gasteiger partial charge in [0.05, 0.1) is 5.02 Å². The molecule has 1 heterocycles. The minimum absolute atomic E-state index is 0. The van der Waals surface area contributed by atoms with Gasteiger partial charge in [0.15, 0.2) is 0 Å². The largest absolute Gasteiger partial charge is 0.398 e.